The molecule has 1 unspecified atom stereocenters. The van der Waals surface area contributed by atoms with Crippen molar-refractivity contribution in [1.82, 2.24) is 0 Å². The van der Waals surface area contributed by atoms with Crippen molar-refractivity contribution >= 4 is 23.3 Å². The van der Waals surface area contributed by atoms with Crippen LogP contribution in [0.3, 0.4) is 0 Å². The predicted molar refractivity (Wildman–Crippen MR) is 130 cm³/mol. The van der Waals surface area contributed by atoms with Gasteiger partial charge < -0.3 is 20.1 Å². The monoisotopic (exact) mass is 460 g/mol. The largest absolute Gasteiger partial charge is 0.466 e. The van der Waals surface area contributed by atoms with E-state index in [1.165, 1.54) is 19.1 Å². The van der Waals surface area contributed by atoms with E-state index in [2.05, 4.69) is 11.0 Å². The lowest BCUT2D eigenvalue weighted by Gasteiger charge is -2.36. The van der Waals surface area contributed by atoms with Crippen molar-refractivity contribution in [3.05, 3.63) is 82.8 Å². The summed E-state index contributed by atoms with van der Waals surface area (Å²) in [5.41, 5.74) is 8.63. The minimum atomic E-state index is -0.894. The second-order valence-electron chi connectivity index (χ2n) is 7.53. The van der Waals surface area contributed by atoms with Crippen LogP contribution in [0.15, 0.2) is 77.3 Å². The van der Waals surface area contributed by atoms with Gasteiger partial charge in [-0.05, 0) is 37.6 Å². The molecule has 1 heterocycles. The summed E-state index contributed by atoms with van der Waals surface area (Å²) in [5.74, 6) is -2.37. The summed E-state index contributed by atoms with van der Waals surface area (Å²) in [7, 11) is 2.46. The Morgan fingerprint density at radius 3 is 2.24 bits per heavy atom. The molecule has 0 fully saturated rings. The minimum absolute atomic E-state index is 0.0143. The highest BCUT2D eigenvalue weighted by atomic mass is 16.5. The van der Waals surface area contributed by atoms with E-state index >= 15 is 0 Å². The number of nitriles is 1. The van der Waals surface area contributed by atoms with Crippen molar-refractivity contribution in [3.63, 3.8) is 0 Å². The number of allylic oxidation sites excluding steroid dienone is 1. The van der Waals surface area contributed by atoms with Crippen LogP contribution >= 0.6 is 0 Å². The van der Waals surface area contributed by atoms with E-state index in [4.69, 9.17) is 15.2 Å². The van der Waals surface area contributed by atoms with E-state index in [1.807, 2.05) is 38.1 Å². The molecule has 0 aromatic heterocycles. The Bertz CT molecular complexity index is 1180. The van der Waals surface area contributed by atoms with Crippen LogP contribution in [0.5, 0.6) is 0 Å². The first-order valence-electron chi connectivity index (χ1n) is 10.9. The number of carbonyl (C=O) groups is 2. The Morgan fingerprint density at radius 2 is 1.68 bits per heavy atom. The molecule has 8 nitrogen and oxygen atoms in total. The molecule has 8 heteroatoms. The maximum absolute atomic E-state index is 13.1. The van der Waals surface area contributed by atoms with Crippen LogP contribution in [-0.2, 0) is 19.1 Å². The number of methoxy groups -OCH3 is 2. The number of hydrogen-bond acceptors (Lipinski definition) is 8. The zero-order chi connectivity index (χ0) is 24.8. The Labute approximate surface area is 199 Å². The Hall–Kier alpha value is -4.25. The fourth-order valence-electron chi connectivity index (χ4n) is 4.20. The molecule has 34 heavy (non-hydrogen) atoms. The third-order valence-electron chi connectivity index (χ3n) is 5.83. The zero-order valence-corrected chi connectivity index (χ0v) is 19.7. The molecular weight excluding hydrogens is 432 g/mol. The summed E-state index contributed by atoms with van der Waals surface area (Å²) in [6.45, 7) is 5.63. The lowest BCUT2D eigenvalue weighted by Crippen LogP contribution is -2.40. The first-order valence-corrected chi connectivity index (χ1v) is 10.9. The minimum Gasteiger partial charge on any atom is -0.466 e. The summed E-state index contributed by atoms with van der Waals surface area (Å²) in [5, 5.41) is 10.1. The van der Waals surface area contributed by atoms with Gasteiger partial charge in [-0.15, -0.1) is 0 Å². The molecule has 1 aliphatic rings. The molecule has 3 rings (SSSR count). The van der Waals surface area contributed by atoms with E-state index in [-0.39, 0.29) is 22.7 Å². The molecule has 2 aromatic carbocycles. The number of esters is 2. The lowest BCUT2D eigenvalue weighted by atomic mass is 9.81. The highest BCUT2D eigenvalue weighted by Crippen LogP contribution is 2.43. The van der Waals surface area contributed by atoms with Gasteiger partial charge in [-0.2, -0.15) is 5.26 Å². The second-order valence-corrected chi connectivity index (χ2v) is 7.53. The number of carbonyl (C=O) groups excluding carboxylic acids is 2. The average Bonchev–Trinajstić information content (AvgIpc) is 2.88. The van der Waals surface area contributed by atoms with Gasteiger partial charge in [0.1, 0.15) is 11.5 Å². The molecule has 0 saturated carbocycles. The Morgan fingerprint density at radius 1 is 1.03 bits per heavy atom. The highest BCUT2D eigenvalue weighted by Gasteiger charge is 2.43. The Kier molecular flexibility index (Phi) is 7.59. The van der Waals surface area contributed by atoms with E-state index in [0.717, 1.165) is 18.8 Å². The predicted octanol–water partition coefficient (Wildman–Crippen LogP) is 3.43. The van der Waals surface area contributed by atoms with Crippen LogP contribution in [-0.4, -0.2) is 39.2 Å². The third-order valence-corrected chi connectivity index (χ3v) is 5.83. The second kappa shape index (κ2) is 10.6. The maximum Gasteiger partial charge on any atom is 0.355 e. The molecule has 2 aromatic rings. The van der Waals surface area contributed by atoms with E-state index in [0.29, 0.717) is 11.3 Å². The number of anilines is 2. The van der Waals surface area contributed by atoms with Crippen molar-refractivity contribution in [1.29, 1.82) is 5.26 Å². The van der Waals surface area contributed by atoms with E-state index < -0.39 is 17.9 Å². The quantitative estimate of drug-likeness (QED) is 0.626. The summed E-state index contributed by atoms with van der Waals surface area (Å²) < 4.78 is 10.1. The standard InChI is InChI=1S/C26H28N4O4/c1-5-29(6-2)18-13-10-14-19(15-18)30-23(26(32)34-4)22(25(31)33-3)21(20(16-27)24(30)28)17-11-8-7-9-12-17/h7-15,21H,5-6,28H2,1-4H3. The van der Waals surface area contributed by atoms with Crippen LogP contribution < -0.4 is 15.5 Å². The van der Waals surface area contributed by atoms with Gasteiger partial charge in [0.2, 0.25) is 0 Å². The van der Waals surface area contributed by atoms with Gasteiger partial charge in [-0.3, -0.25) is 4.90 Å². The van der Waals surface area contributed by atoms with Crippen LogP contribution in [0, 0.1) is 11.3 Å². The first kappa shape index (κ1) is 24.4. The number of hydrogen-bond donors (Lipinski definition) is 1. The SMILES string of the molecule is CCN(CC)c1cccc(N2C(N)=C(C#N)C(c3ccccc3)C(C(=O)OC)=C2C(=O)OC)c1. The lowest BCUT2D eigenvalue weighted by molar-refractivity contribution is -0.139. The highest BCUT2D eigenvalue weighted by molar-refractivity contribution is 6.06. The van der Waals surface area contributed by atoms with Crippen LogP contribution in [0.4, 0.5) is 11.4 Å². The molecule has 176 valence electrons. The van der Waals surface area contributed by atoms with Gasteiger partial charge in [0.05, 0.1) is 37.4 Å². The summed E-state index contributed by atoms with van der Waals surface area (Å²) >= 11 is 0. The molecule has 0 radical (unpaired) electrons. The molecule has 0 spiro atoms. The smallest absolute Gasteiger partial charge is 0.355 e. The van der Waals surface area contributed by atoms with Crippen molar-refractivity contribution < 1.29 is 19.1 Å². The average molecular weight is 461 g/mol. The van der Waals surface area contributed by atoms with Crippen molar-refractivity contribution in [3.8, 4) is 6.07 Å². The van der Waals surface area contributed by atoms with Gasteiger partial charge in [0, 0.05) is 24.5 Å². The number of ether oxygens (including phenoxy) is 2. The zero-order valence-electron chi connectivity index (χ0n) is 19.7. The van der Waals surface area contributed by atoms with Crippen LogP contribution in [0.2, 0.25) is 0 Å². The number of nitrogens with two attached hydrogens (primary N) is 1. The fourth-order valence-corrected chi connectivity index (χ4v) is 4.20. The summed E-state index contributed by atoms with van der Waals surface area (Å²) in [6, 6.07) is 18.5. The molecule has 0 aliphatic carbocycles. The summed E-state index contributed by atoms with van der Waals surface area (Å²) in [4.78, 5) is 29.8. The molecule has 0 saturated heterocycles. The number of nitrogens with zero attached hydrogens (tertiary/aromatic N) is 3. The van der Waals surface area contributed by atoms with Gasteiger partial charge in [-0.1, -0.05) is 36.4 Å². The Balaban J connectivity index is 2.37. The van der Waals surface area contributed by atoms with Crippen molar-refractivity contribution in [2.75, 3.05) is 37.1 Å². The molecule has 1 aliphatic heterocycles. The molecular formula is C26H28N4O4. The number of benzene rings is 2. The van der Waals surface area contributed by atoms with Crippen LogP contribution in [0.25, 0.3) is 0 Å². The number of rotatable bonds is 7. The van der Waals surface area contributed by atoms with Gasteiger partial charge in [0.25, 0.3) is 0 Å². The third kappa shape index (κ3) is 4.33. The first-order chi connectivity index (χ1) is 16.4. The summed E-state index contributed by atoms with van der Waals surface area (Å²) in [6.07, 6.45) is 0. The van der Waals surface area contributed by atoms with Gasteiger partial charge >= 0.3 is 11.9 Å². The molecule has 1 atom stereocenters. The topological polar surface area (TPSA) is 109 Å². The fraction of sp³-hybridized carbons (Fsp3) is 0.269. The molecule has 0 bridgehead atoms. The van der Waals surface area contributed by atoms with Crippen molar-refractivity contribution in [2.24, 2.45) is 5.73 Å². The maximum atomic E-state index is 13.1. The van der Waals surface area contributed by atoms with Gasteiger partial charge in [0.15, 0.2) is 0 Å². The van der Waals surface area contributed by atoms with Crippen molar-refractivity contribution in [2.45, 2.75) is 19.8 Å². The van der Waals surface area contributed by atoms with Crippen LogP contribution in [0.1, 0.15) is 25.3 Å². The molecule has 0 amide bonds. The normalized spacial score (nSPS) is 15.6. The van der Waals surface area contributed by atoms with E-state index in [9.17, 15) is 14.9 Å². The molecule has 2 N–H and O–H groups in total. The van der Waals surface area contributed by atoms with Gasteiger partial charge in [-0.25, -0.2) is 9.59 Å². The van der Waals surface area contributed by atoms with E-state index in [1.54, 1.807) is 30.3 Å².